The summed E-state index contributed by atoms with van der Waals surface area (Å²) in [5, 5.41) is 66.0. The maximum absolute atomic E-state index is 14.8. The van der Waals surface area contributed by atoms with Crippen molar-refractivity contribution in [1.82, 2.24) is 0 Å². The molecule has 1 amide bonds. The molecule has 15 nitrogen and oxygen atoms in total. The van der Waals surface area contributed by atoms with E-state index in [1.807, 2.05) is 0 Å². The third-order valence-corrected chi connectivity index (χ3v) is 10.7. The minimum absolute atomic E-state index is 0.101. The van der Waals surface area contributed by atoms with Gasteiger partial charge in [-0.1, -0.05) is 24.3 Å². The molecule has 50 heavy (non-hydrogen) atoms. The van der Waals surface area contributed by atoms with Crippen molar-refractivity contribution in [3.63, 3.8) is 0 Å². The predicted octanol–water partition coefficient (Wildman–Crippen LogP) is 1.51. The number of hydrogen-bond acceptors (Lipinski definition) is 14. The van der Waals surface area contributed by atoms with Gasteiger partial charge in [0.15, 0.2) is 11.7 Å². The molecular formula is C35H37NO14. The molecule has 2 aromatic carbocycles. The first-order valence-corrected chi connectivity index (χ1v) is 15.8. The number of carbonyl (C=O) groups excluding carboxylic acids is 4. The van der Waals surface area contributed by atoms with E-state index in [1.54, 1.807) is 19.9 Å². The Bertz CT molecular complexity index is 1870. The van der Waals surface area contributed by atoms with E-state index >= 15 is 0 Å². The minimum atomic E-state index is -2.61. The number of hydrogen-bond donors (Lipinski definition) is 7. The van der Waals surface area contributed by atoms with Gasteiger partial charge in [-0.05, 0) is 38.0 Å². The van der Waals surface area contributed by atoms with E-state index < -0.39 is 111 Å². The smallest absolute Gasteiger partial charge is 0.342 e. The van der Waals surface area contributed by atoms with Gasteiger partial charge in [-0.15, -0.1) is 0 Å². The zero-order valence-corrected chi connectivity index (χ0v) is 27.4. The topological polar surface area (TPSA) is 253 Å². The first-order chi connectivity index (χ1) is 23.6. The number of phenols is 2. The van der Waals surface area contributed by atoms with Crippen LogP contribution in [0.1, 0.15) is 59.8 Å². The number of para-hydroxylation sites is 1. The number of esters is 1. The quantitative estimate of drug-likeness (QED) is 0.167. The van der Waals surface area contributed by atoms with Gasteiger partial charge in [0.25, 0.3) is 5.91 Å². The molecule has 15 heteroatoms. The summed E-state index contributed by atoms with van der Waals surface area (Å²) in [6.07, 6.45) is -6.49. The van der Waals surface area contributed by atoms with Gasteiger partial charge in [0.2, 0.25) is 11.6 Å². The Labute approximate surface area is 285 Å². The first kappa shape index (κ1) is 35.0. The molecule has 1 aliphatic heterocycles. The largest absolute Gasteiger partial charge is 0.508 e. The van der Waals surface area contributed by atoms with E-state index in [0.717, 1.165) is 7.11 Å². The molecule has 8 N–H and O–H groups in total. The van der Waals surface area contributed by atoms with Gasteiger partial charge in [-0.3, -0.25) is 14.4 Å². The van der Waals surface area contributed by atoms with Crippen LogP contribution in [0.25, 0.3) is 5.76 Å². The van der Waals surface area contributed by atoms with Crippen LogP contribution < -0.4 is 5.73 Å². The molecule has 2 fully saturated rings. The Morgan fingerprint density at radius 2 is 1.66 bits per heavy atom. The van der Waals surface area contributed by atoms with Crippen molar-refractivity contribution in [3.05, 3.63) is 75.6 Å². The molecule has 1 heterocycles. The van der Waals surface area contributed by atoms with Crippen LogP contribution in [0.3, 0.4) is 0 Å². The molecule has 0 radical (unpaired) electrons. The number of benzene rings is 2. The van der Waals surface area contributed by atoms with Crippen molar-refractivity contribution in [2.24, 2.45) is 17.6 Å². The molecule has 0 unspecified atom stereocenters. The number of aliphatic hydroxyl groups is 4. The molecule has 1 saturated heterocycles. The lowest BCUT2D eigenvalue weighted by atomic mass is 9.55. The number of nitrogens with two attached hydrogens (primary N) is 1. The fourth-order valence-electron chi connectivity index (χ4n) is 7.99. The third kappa shape index (κ3) is 4.75. The Balaban J connectivity index is 1.54. The summed E-state index contributed by atoms with van der Waals surface area (Å²) in [7, 11) is 2.34. The summed E-state index contributed by atoms with van der Waals surface area (Å²) in [6, 6.07) is 8.36. The second kappa shape index (κ2) is 12.2. The second-order valence-corrected chi connectivity index (χ2v) is 13.1. The second-order valence-electron chi connectivity index (χ2n) is 13.1. The van der Waals surface area contributed by atoms with Crippen LogP contribution in [0.15, 0.2) is 53.3 Å². The highest BCUT2D eigenvalue weighted by molar-refractivity contribution is 6.24. The molecule has 2 aromatic rings. The van der Waals surface area contributed by atoms with Crippen LogP contribution in [0.5, 0.6) is 11.5 Å². The van der Waals surface area contributed by atoms with Crippen LogP contribution in [0, 0.1) is 11.8 Å². The van der Waals surface area contributed by atoms with Crippen LogP contribution >= 0.6 is 0 Å². The van der Waals surface area contributed by atoms with Crippen molar-refractivity contribution < 1.29 is 68.8 Å². The van der Waals surface area contributed by atoms with Gasteiger partial charge in [0.05, 0.1) is 29.5 Å². The maximum Gasteiger partial charge on any atom is 0.342 e. The van der Waals surface area contributed by atoms with Crippen molar-refractivity contribution in [2.45, 2.75) is 68.4 Å². The molecule has 4 aliphatic rings. The van der Waals surface area contributed by atoms with E-state index in [4.69, 9.17) is 24.7 Å². The number of rotatable bonds is 6. The summed E-state index contributed by atoms with van der Waals surface area (Å²) < 4.78 is 23.1. The van der Waals surface area contributed by atoms with Crippen LogP contribution in [0.4, 0.5) is 0 Å². The highest BCUT2D eigenvalue weighted by Crippen LogP contribution is 2.60. The number of aliphatic hydroxyl groups excluding tert-OH is 4. The average molecular weight is 696 g/mol. The van der Waals surface area contributed by atoms with Crippen molar-refractivity contribution in [1.29, 1.82) is 0 Å². The molecular weight excluding hydrogens is 658 g/mol. The monoisotopic (exact) mass is 695 g/mol. The molecule has 3 aliphatic carbocycles. The van der Waals surface area contributed by atoms with E-state index in [-0.39, 0.29) is 35.1 Å². The number of fused-ring (bicyclic) bond motifs is 3. The number of carbonyl (C=O) groups is 4. The van der Waals surface area contributed by atoms with E-state index in [0.29, 0.717) is 0 Å². The van der Waals surface area contributed by atoms with Crippen molar-refractivity contribution in [2.75, 3.05) is 14.2 Å². The highest BCUT2D eigenvalue weighted by Gasteiger charge is 2.68. The average Bonchev–Trinajstić information content (AvgIpc) is 3.07. The van der Waals surface area contributed by atoms with Crippen molar-refractivity contribution >= 4 is 29.2 Å². The zero-order valence-electron chi connectivity index (χ0n) is 27.4. The molecule has 0 aromatic heterocycles. The SMILES string of the molecule is CO[C@]12C(=O)C3=C(O)c4c(ccc([C@H]5C[C@@H](O)[C@H](O)[C@@H](C)O5)c4O)[C@](C)(OC)[C@H]3C[C@H]1[C@@H](OC(=O)c1ccccc1O)C(=O)C(C(N)=O)=C2O. The zero-order chi connectivity index (χ0) is 36.6. The molecule has 0 bridgehead atoms. The lowest BCUT2D eigenvalue weighted by Crippen LogP contribution is -2.66. The van der Waals surface area contributed by atoms with E-state index in [2.05, 4.69) is 0 Å². The lowest BCUT2D eigenvalue weighted by Gasteiger charge is -2.53. The molecule has 6 rings (SSSR count). The number of ketones is 2. The third-order valence-electron chi connectivity index (χ3n) is 10.7. The number of ether oxygens (including phenoxy) is 4. The lowest BCUT2D eigenvalue weighted by molar-refractivity contribution is -0.172. The number of primary amides is 1. The van der Waals surface area contributed by atoms with E-state index in [9.17, 15) is 49.8 Å². The van der Waals surface area contributed by atoms with Crippen LogP contribution in [0.2, 0.25) is 0 Å². The normalized spacial score (nSPS) is 33.8. The molecule has 1 saturated carbocycles. The summed E-state index contributed by atoms with van der Waals surface area (Å²) >= 11 is 0. The van der Waals surface area contributed by atoms with Gasteiger partial charge in [-0.2, -0.15) is 0 Å². The van der Waals surface area contributed by atoms with Crippen LogP contribution in [-0.4, -0.2) is 98.3 Å². The molecule has 9 atom stereocenters. The Kier molecular flexibility index (Phi) is 8.56. The Hall–Kier alpha value is -4.80. The van der Waals surface area contributed by atoms with Gasteiger partial charge >= 0.3 is 5.97 Å². The summed E-state index contributed by atoms with van der Waals surface area (Å²) in [5.74, 6) is -10.5. The summed E-state index contributed by atoms with van der Waals surface area (Å²) in [4.78, 5) is 54.6. The maximum atomic E-state index is 14.8. The van der Waals surface area contributed by atoms with Crippen LogP contribution in [-0.2, 0) is 38.9 Å². The highest BCUT2D eigenvalue weighted by atomic mass is 16.6. The van der Waals surface area contributed by atoms with Crippen molar-refractivity contribution in [3.8, 4) is 11.5 Å². The summed E-state index contributed by atoms with van der Waals surface area (Å²) in [6.45, 7) is 3.12. The fraction of sp³-hybridized carbons (Fsp3) is 0.429. The predicted molar refractivity (Wildman–Crippen MR) is 169 cm³/mol. The Morgan fingerprint density at radius 1 is 0.980 bits per heavy atom. The van der Waals surface area contributed by atoms with Gasteiger partial charge in [0.1, 0.15) is 40.3 Å². The number of aromatic hydroxyl groups is 2. The Morgan fingerprint density at radius 3 is 2.26 bits per heavy atom. The summed E-state index contributed by atoms with van der Waals surface area (Å²) in [5.41, 5.74) is -0.303. The van der Waals surface area contributed by atoms with Gasteiger partial charge < -0.3 is 55.3 Å². The number of phenolic OH excluding ortho intramolecular Hbond substituents is 2. The molecule has 0 spiro atoms. The molecule has 266 valence electrons. The number of Topliss-reactive ketones (excluding diaryl/α,β-unsaturated/α-hetero) is 2. The van der Waals surface area contributed by atoms with Gasteiger partial charge in [-0.25, -0.2) is 4.79 Å². The fourth-order valence-corrected chi connectivity index (χ4v) is 7.99. The first-order valence-electron chi connectivity index (χ1n) is 15.8. The minimum Gasteiger partial charge on any atom is -0.508 e. The van der Waals surface area contributed by atoms with Gasteiger partial charge in [0, 0.05) is 43.6 Å². The van der Waals surface area contributed by atoms with E-state index in [1.165, 1.54) is 37.4 Å². The standard InChI is InChI=1S/C35H37NO14/c1-13-25(39)20(38)12-21(49-13)15-9-10-16-22(26(15)40)27(41)23-17(34(16,2)47-3)11-18-29(50-33(46)14-7-5-6-8-19(14)37)28(42)24(32(36)45)31(44)35(18,48-4)30(23)43/h5-10,13,17-18,20-21,25,29,37-41,44H,11-12H2,1-4H3,(H2,36,45)/t13-,17+,18+,20-,21-,25-,29-,34+,35+/m1/s1. The number of methoxy groups -OCH3 is 2. The number of amides is 1.